The Kier molecular flexibility index (Phi) is 4.76. The van der Waals surface area contributed by atoms with Crippen LogP contribution in [0.2, 0.25) is 0 Å². The summed E-state index contributed by atoms with van der Waals surface area (Å²) in [4.78, 5) is 38.4. The zero-order chi connectivity index (χ0) is 20.6. The Hall–Kier alpha value is -3.31. The summed E-state index contributed by atoms with van der Waals surface area (Å²) in [6.07, 6.45) is 4.91. The van der Waals surface area contributed by atoms with Crippen molar-refractivity contribution in [3.05, 3.63) is 41.6 Å². The Morgan fingerprint density at radius 1 is 1.41 bits per heavy atom. The maximum absolute atomic E-state index is 13.9. The number of primary amides is 1. The summed E-state index contributed by atoms with van der Waals surface area (Å²) in [5.41, 5.74) is 6.02. The third-order valence-electron chi connectivity index (χ3n) is 5.08. The van der Waals surface area contributed by atoms with E-state index in [-0.39, 0.29) is 17.0 Å². The first-order chi connectivity index (χ1) is 14.0. The molecular weight excluding hydrogens is 379 g/mol. The Morgan fingerprint density at radius 2 is 2.24 bits per heavy atom. The second-order valence-corrected chi connectivity index (χ2v) is 6.78. The predicted molar refractivity (Wildman–Crippen MR) is 104 cm³/mol. The van der Waals surface area contributed by atoms with Gasteiger partial charge in [-0.25, -0.2) is 19.3 Å². The van der Waals surface area contributed by atoms with Gasteiger partial charge < -0.3 is 26.7 Å². The summed E-state index contributed by atoms with van der Waals surface area (Å²) in [5, 5.41) is 8.98. The van der Waals surface area contributed by atoms with Gasteiger partial charge in [-0.3, -0.25) is 9.59 Å². The van der Waals surface area contributed by atoms with Gasteiger partial charge in [0, 0.05) is 39.1 Å². The number of fused-ring (bicyclic) bond motifs is 1. The van der Waals surface area contributed by atoms with Gasteiger partial charge in [0.15, 0.2) is 0 Å². The zero-order valence-corrected chi connectivity index (χ0v) is 15.7. The van der Waals surface area contributed by atoms with Crippen LogP contribution >= 0.6 is 0 Å². The molecule has 10 nitrogen and oxygen atoms in total. The lowest BCUT2D eigenvalue weighted by Crippen LogP contribution is -2.68. The monoisotopic (exact) mass is 400 g/mol. The summed E-state index contributed by atoms with van der Waals surface area (Å²) >= 11 is 0. The number of carbonyl (C=O) groups is 2. The van der Waals surface area contributed by atoms with Crippen LogP contribution in [0, 0.1) is 5.82 Å². The fourth-order valence-electron chi connectivity index (χ4n) is 3.76. The number of benzene rings is 1. The molecule has 0 aliphatic carbocycles. The number of rotatable bonds is 4. The van der Waals surface area contributed by atoms with E-state index >= 15 is 0 Å². The second kappa shape index (κ2) is 7.26. The van der Waals surface area contributed by atoms with Crippen molar-refractivity contribution < 1.29 is 14.0 Å². The molecule has 2 atom stereocenters. The first-order valence-corrected chi connectivity index (χ1v) is 9.13. The molecule has 6 N–H and O–H groups in total. The molecule has 1 saturated heterocycles. The minimum absolute atomic E-state index is 0.00409. The highest BCUT2D eigenvalue weighted by Gasteiger charge is 2.48. The van der Waals surface area contributed by atoms with Crippen LogP contribution in [0.1, 0.15) is 22.2 Å². The van der Waals surface area contributed by atoms with Crippen molar-refractivity contribution in [1.29, 1.82) is 0 Å². The maximum atomic E-state index is 13.9. The molecule has 0 saturated carbocycles. The van der Waals surface area contributed by atoms with Gasteiger partial charge in [0.05, 0.1) is 17.1 Å². The van der Waals surface area contributed by atoms with E-state index in [1.165, 1.54) is 6.07 Å². The van der Waals surface area contributed by atoms with Gasteiger partial charge in [0.25, 0.3) is 17.6 Å². The minimum Gasteiger partial charge on any atom is -0.366 e. The molecule has 0 radical (unpaired) electrons. The Labute approximate surface area is 165 Å². The second-order valence-electron chi connectivity index (χ2n) is 6.78. The highest BCUT2D eigenvalue weighted by molar-refractivity contribution is 6.04. The van der Waals surface area contributed by atoms with E-state index in [0.717, 1.165) is 6.07 Å². The van der Waals surface area contributed by atoms with Gasteiger partial charge in [-0.1, -0.05) is 0 Å². The molecule has 152 valence electrons. The molecule has 29 heavy (non-hydrogen) atoms. The van der Waals surface area contributed by atoms with Crippen molar-refractivity contribution in [1.82, 2.24) is 30.8 Å². The van der Waals surface area contributed by atoms with Crippen molar-refractivity contribution in [2.75, 3.05) is 26.7 Å². The molecule has 1 aromatic heterocycles. The normalized spacial score (nSPS) is 24.4. The number of allylic oxidation sites excluding steroid dienone is 1. The summed E-state index contributed by atoms with van der Waals surface area (Å²) in [6, 6.07) is 1.91. The van der Waals surface area contributed by atoms with E-state index in [0.29, 0.717) is 31.0 Å². The number of carbonyl (C=O) groups excluding carboxylic acids is 2. The quantitative estimate of drug-likeness (QED) is 0.461. The van der Waals surface area contributed by atoms with Crippen LogP contribution in [0.4, 0.5) is 4.39 Å². The van der Waals surface area contributed by atoms with Gasteiger partial charge in [0.2, 0.25) is 0 Å². The number of aliphatic imine (C=N–C) groups is 1. The number of piperazine rings is 1. The molecule has 0 bridgehead atoms. The number of likely N-dealkylation sites (N-methyl/N-ethyl adjacent to an activating group) is 1. The fraction of sp³-hybridized carbons (Fsp3) is 0.333. The maximum Gasteiger partial charge on any atom is 0.284 e. The highest BCUT2D eigenvalue weighted by Crippen LogP contribution is 2.31. The number of aromatic nitrogens is 2. The van der Waals surface area contributed by atoms with Crippen LogP contribution in [-0.2, 0) is 4.79 Å². The molecule has 0 spiro atoms. The molecule has 3 heterocycles. The lowest BCUT2D eigenvalue weighted by molar-refractivity contribution is -0.137. The van der Waals surface area contributed by atoms with Crippen molar-refractivity contribution in [2.24, 2.45) is 10.7 Å². The number of nitrogens with two attached hydrogens (primary N) is 1. The van der Waals surface area contributed by atoms with Crippen molar-refractivity contribution in [3.8, 4) is 0 Å². The molecule has 2 unspecified atom stereocenters. The highest BCUT2D eigenvalue weighted by atomic mass is 19.1. The number of H-pyrrole nitrogens is 1. The lowest BCUT2D eigenvalue weighted by Gasteiger charge is -2.46. The topological polar surface area (TPSA) is 141 Å². The van der Waals surface area contributed by atoms with E-state index in [2.05, 4.69) is 30.9 Å². The first-order valence-electron chi connectivity index (χ1n) is 9.13. The van der Waals surface area contributed by atoms with Crippen LogP contribution in [0.5, 0.6) is 0 Å². The fourth-order valence-corrected chi connectivity index (χ4v) is 3.76. The zero-order valence-electron chi connectivity index (χ0n) is 15.7. The Morgan fingerprint density at radius 3 is 2.93 bits per heavy atom. The molecule has 2 aromatic rings. The number of hydrogen-bond donors (Lipinski definition) is 5. The molecular formula is C18H21FN8O2. The number of nitrogens with zero attached hydrogens (tertiary/aromatic N) is 3. The Balaban J connectivity index is 1.81. The van der Waals surface area contributed by atoms with Crippen LogP contribution in [-0.4, -0.2) is 65.4 Å². The van der Waals surface area contributed by atoms with E-state index in [1.54, 1.807) is 25.5 Å². The molecule has 11 heteroatoms. The van der Waals surface area contributed by atoms with E-state index in [1.807, 2.05) is 4.90 Å². The molecule has 2 aliphatic rings. The summed E-state index contributed by atoms with van der Waals surface area (Å²) in [6.45, 7) is 1.59. The average Bonchev–Trinajstić information content (AvgIpc) is 3.16. The van der Waals surface area contributed by atoms with E-state index in [4.69, 9.17) is 5.73 Å². The number of hydrogen-bond acceptors (Lipinski definition) is 7. The first kappa shape index (κ1) is 19.0. The number of imidazole rings is 1. The predicted octanol–water partition coefficient (Wildman–Crippen LogP) is -0.665. The third kappa shape index (κ3) is 3.13. The third-order valence-corrected chi connectivity index (χ3v) is 5.08. The largest absolute Gasteiger partial charge is 0.366 e. The summed E-state index contributed by atoms with van der Waals surface area (Å²) < 4.78 is 13.9. The molecule has 1 fully saturated rings. The smallest absolute Gasteiger partial charge is 0.284 e. The number of halogens is 1. The van der Waals surface area contributed by atoms with E-state index in [9.17, 15) is 14.0 Å². The molecule has 2 amide bonds. The van der Waals surface area contributed by atoms with Crippen molar-refractivity contribution in [2.45, 2.75) is 11.8 Å². The number of aromatic amines is 1. The van der Waals surface area contributed by atoms with E-state index < -0.39 is 23.6 Å². The van der Waals surface area contributed by atoms with Gasteiger partial charge in [-0.05, 0) is 18.2 Å². The lowest BCUT2D eigenvalue weighted by atomic mass is 10.1. The van der Waals surface area contributed by atoms with Crippen LogP contribution < -0.4 is 21.7 Å². The van der Waals surface area contributed by atoms with Crippen LogP contribution in [0.3, 0.4) is 0 Å². The van der Waals surface area contributed by atoms with Gasteiger partial charge in [-0.15, -0.1) is 0 Å². The van der Waals surface area contributed by atoms with Crippen LogP contribution in [0.25, 0.3) is 11.0 Å². The SMILES string of the molecule is CNC(=O)C1(N2CCNCC2c2nc3c(C(N)=O)cc(F)cc3[nH]2)N=CC=CN1. The van der Waals surface area contributed by atoms with Gasteiger partial charge >= 0.3 is 0 Å². The summed E-state index contributed by atoms with van der Waals surface area (Å²) in [5.74, 6) is -2.57. The van der Waals surface area contributed by atoms with Crippen molar-refractivity contribution >= 4 is 29.1 Å². The molecule has 2 aliphatic heterocycles. The van der Waals surface area contributed by atoms with Crippen LogP contribution in [0.15, 0.2) is 29.4 Å². The molecule has 4 rings (SSSR count). The number of nitrogens with one attached hydrogen (secondary N) is 4. The van der Waals surface area contributed by atoms with Crippen molar-refractivity contribution in [3.63, 3.8) is 0 Å². The van der Waals surface area contributed by atoms with Gasteiger partial charge in [0.1, 0.15) is 17.2 Å². The Bertz CT molecular complexity index is 1030. The average molecular weight is 400 g/mol. The summed E-state index contributed by atoms with van der Waals surface area (Å²) in [7, 11) is 1.54. The number of amides is 2. The standard InChI is InChI=1S/C18H21FN8O2/c1-21-17(29)18(23-3-2-4-24-18)27-6-5-22-9-13(27)16-25-12-8-10(19)7-11(15(20)28)14(12)26-16/h2-4,7-8,13,22-23H,5-6,9H2,1H3,(H2,20,28)(H,21,29)(H,25,26). The molecule has 1 aromatic carbocycles. The van der Waals surface area contributed by atoms with Gasteiger partial charge in [-0.2, -0.15) is 0 Å². The minimum atomic E-state index is -1.35.